The Labute approximate surface area is 234 Å². The third-order valence-electron chi connectivity index (χ3n) is 9.86. The number of hydrogen-bond acceptors (Lipinski definition) is 4. The van der Waals surface area contributed by atoms with Crippen LogP contribution in [0.3, 0.4) is 0 Å². The van der Waals surface area contributed by atoms with Crippen LogP contribution in [-0.2, 0) is 9.53 Å². The number of alkyl halides is 4. The van der Waals surface area contributed by atoms with Crippen molar-refractivity contribution in [3.8, 4) is 0 Å². The molecule has 0 aromatic rings. The van der Waals surface area contributed by atoms with E-state index in [4.69, 9.17) is 21.3 Å². The van der Waals surface area contributed by atoms with Crippen LogP contribution in [0.4, 0.5) is 18.0 Å². The number of hydrogen-bond donors (Lipinski definition) is 1. The molecular formula is C28H42ClF3N4O3. The number of urea groups is 1. The SMILES string of the molecule is COC1CCCC(C2=NC(C3CCC(Cl)CC3)C(C3CCCC(C(F)(F)F)C3)N2C(=O)N2CCNC(=O)C2)C1. The lowest BCUT2D eigenvalue weighted by Crippen LogP contribution is -2.60. The van der Waals surface area contributed by atoms with Crippen molar-refractivity contribution in [2.45, 2.75) is 107 Å². The number of amidine groups is 1. The molecule has 11 heteroatoms. The molecule has 1 N–H and O–H groups in total. The molecule has 5 aliphatic rings. The summed E-state index contributed by atoms with van der Waals surface area (Å²) >= 11 is 6.44. The first-order chi connectivity index (χ1) is 18.7. The van der Waals surface area contributed by atoms with Crippen molar-refractivity contribution in [2.24, 2.45) is 28.7 Å². The molecule has 2 heterocycles. The van der Waals surface area contributed by atoms with Gasteiger partial charge < -0.3 is 15.0 Å². The number of aliphatic imine (C=N–C) groups is 1. The first kappa shape index (κ1) is 29.0. The monoisotopic (exact) mass is 574 g/mol. The van der Waals surface area contributed by atoms with E-state index in [1.807, 2.05) is 0 Å². The summed E-state index contributed by atoms with van der Waals surface area (Å²) in [6, 6.07) is -0.954. The molecule has 1 saturated heterocycles. The van der Waals surface area contributed by atoms with Crippen LogP contribution in [0.15, 0.2) is 4.99 Å². The lowest BCUT2D eigenvalue weighted by molar-refractivity contribution is -0.187. The highest BCUT2D eigenvalue weighted by Crippen LogP contribution is 2.47. The minimum absolute atomic E-state index is 0.00476. The van der Waals surface area contributed by atoms with Gasteiger partial charge in [0.25, 0.3) is 0 Å². The summed E-state index contributed by atoms with van der Waals surface area (Å²) in [5, 5.41) is 2.88. The average molecular weight is 575 g/mol. The zero-order chi connectivity index (χ0) is 27.7. The minimum Gasteiger partial charge on any atom is -0.381 e. The van der Waals surface area contributed by atoms with E-state index in [9.17, 15) is 22.8 Å². The second-order valence-corrected chi connectivity index (χ2v) is 12.9. The Hall–Kier alpha value is -1.55. The molecule has 3 aliphatic carbocycles. The van der Waals surface area contributed by atoms with Gasteiger partial charge in [0, 0.05) is 31.5 Å². The van der Waals surface area contributed by atoms with Crippen molar-refractivity contribution in [1.82, 2.24) is 15.1 Å². The number of carbonyl (C=O) groups excluding carboxylic acids is 2. The number of halogens is 4. The van der Waals surface area contributed by atoms with Crippen molar-refractivity contribution in [3.05, 3.63) is 0 Å². The minimum atomic E-state index is -4.25. The van der Waals surface area contributed by atoms with E-state index in [1.165, 1.54) is 0 Å². The van der Waals surface area contributed by atoms with Crippen molar-refractivity contribution in [2.75, 3.05) is 26.7 Å². The van der Waals surface area contributed by atoms with Gasteiger partial charge in [0.15, 0.2) is 0 Å². The molecule has 220 valence electrons. The second-order valence-electron chi connectivity index (χ2n) is 12.3. The zero-order valence-electron chi connectivity index (χ0n) is 22.8. The van der Waals surface area contributed by atoms with E-state index >= 15 is 0 Å². The lowest BCUT2D eigenvalue weighted by Gasteiger charge is -2.44. The van der Waals surface area contributed by atoms with Gasteiger partial charge in [0.05, 0.1) is 24.1 Å². The quantitative estimate of drug-likeness (QED) is 0.459. The van der Waals surface area contributed by atoms with Crippen LogP contribution in [0.25, 0.3) is 0 Å². The van der Waals surface area contributed by atoms with Crippen LogP contribution < -0.4 is 5.32 Å². The molecule has 3 amide bonds. The van der Waals surface area contributed by atoms with E-state index < -0.39 is 18.1 Å². The maximum atomic E-state index is 14.3. The molecule has 2 aliphatic heterocycles. The Morgan fingerprint density at radius 1 is 1.03 bits per heavy atom. The van der Waals surface area contributed by atoms with E-state index in [2.05, 4.69) is 5.32 Å². The van der Waals surface area contributed by atoms with E-state index in [0.29, 0.717) is 31.8 Å². The highest BCUT2D eigenvalue weighted by Gasteiger charge is 2.53. The summed E-state index contributed by atoms with van der Waals surface area (Å²) < 4.78 is 47.5. The molecule has 5 rings (SSSR count). The Kier molecular flexibility index (Phi) is 9.01. The van der Waals surface area contributed by atoms with Crippen LogP contribution in [0, 0.1) is 23.7 Å². The predicted octanol–water partition coefficient (Wildman–Crippen LogP) is 5.36. The number of rotatable bonds is 4. The molecular weight excluding hydrogens is 533 g/mol. The van der Waals surface area contributed by atoms with Gasteiger partial charge in [-0.05, 0) is 76.0 Å². The second kappa shape index (κ2) is 12.1. The smallest absolute Gasteiger partial charge is 0.381 e. The molecule has 0 aromatic heterocycles. The highest BCUT2D eigenvalue weighted by molar-refractivity contribution is 6.20. The van der Waals surface area contributed by atoms with E-state index in [-0.39, 0.29) is 66.6 Å². The summed E-state index contributed by atoms with van der Waals surface area (Å²) in [7, 11) is 1.70. The Morgan fingerprint density at radius 3 is 2.46 bits per heavy atom. The molecule has 0 aromatic carbocycles. The predicted molar refractivity (Wildman–Crippen MR) is 143 cm³/mol. The van der Waals surface area contributed by atoms with Crippen molar-refractivity contribution in [3.63, 3.8) is 0 Å². The third-order valence-corrected chi connectivity index (χ3v) is 10.3. The van der Waals surface area contributed by atoms with Crippen LogP contribution in [0.2, 0.25) is 0 Å². The Morgan fingerprint density at radius 2 is 1.77 bits per heavy atom. The van der Waals surface area contributed by atoms with Crippen molar-refractivity contribution in [1.29, 1.82) is 0 Å². The van der Waals surface area contributed by atoms with Crippen LogP contribution >= 0.6 is 11.6 Å². The normalized spacial score (nSPS) is 38.4. The summed E-state index contributed by atoms with van der Waals surface area (Å²) in [4.78, 5) is 35.1. The zero-order valence-corrected chi connectivity index (χ0v) is 23.6. The number of amides is 3. The summed E-state index contributed by atoms with van der Waals surface area (Å²) in [5.74, 6) is -0.974. The lowest BCUT2D eigenvalue weighted by atomic mass is 9.71. The van der Waals surface area contributed by atoms with Gasteiger partial charge in [-0.25, -0.2) is 4.79 Å². The maximum absolute atomic E-state index is 14.3. The summed E-state index contributed by atoms with van der Waals surface area (Å²) in [5.41, 5.74) is 0. The van der Waals surface area contributed by atoms with E-state index in [1.54, 1.807) is 16.9 Å². The largest absolute Gasteiger partial charge is 0.391 e. The topological polar surface area (TPSA) is 74.2 Å². The first-order valence-electron chi connectivity index (χ1n) is 14.8. The fraction of sp³-hybridized carbons (Fsp3) is 0.893. The van der Waals surface area contributed by atoms with Gasteiger partial charge in [0.1, 0.15) is 12.4 Å². The summed E-state index contributed by atoms with van der Waals surface area (Å²) in [6.07, 6.45) is 4.05. The molecule has 0 radical (unpaired) electrons. The van der Waals surface area contributed by atoms with Gasteiger partial charge in [0.2, 0.25) is 5.91 Å². The number of nitrogens with one attached hydrogen (secondary N) is 1. The van der Waals surface area contributed by atoms with Crippen LogP contribution in [-0.4, -0.2) is 84.1 Å². The number of methoxy groups -OCH3 is 1. The number of ether oxygens (including phenoxy) is 1. The number of carbonyl (C=O) groups is 2. The average Bonchev–Trinajstić information content (AvgIpc) is 3.33. The van der Waals surface area contributed by atoms with Gasteiger partial charge in [-0.1, -0.05) is 12.8 Å². The molecule has 39 heavy (non-hydrogen) atoms. The van der Waals surface area contributed by atoms with Gasteiger partial charge in [-0.15, -0.1) is 11.6 Å². The maximum Gasteiger partial charge on any atom is 0.391 e. The Bertz CT molecular complexity index is 926. The molecule has 6 atom stereocenters. The fourth-order valence-electron chi connectivity index (χ4n) is 7.80. The standard InChI is InChI=1S/C28H42ClF3N4O3/c1-39-22-7-3-5-19(15-22)26-34-24(17-8-10-21(29)11-9-17)25(18-4-2-6-20(14-18)28(30,31)32)36(26)27(38)35-13-12-33-23(37)16-35/h17-22,24-25H,2-16H2,1H3,(H,33,37). The summed E-state index contributed by atoms with van der Waals surface area (Å²) in [6.45, 7) is 0.705. The highest BCUT2D eigenvalue weighted by atomic mass is 35.5. The molecule has 7 nitrogen and oxygen atoms in total. The van der Waals surface area contributed by atoms with E-state index in [0.717, 1.165) is 51.4 Å². The van der Waals surface area contributed by atoms with Crippen molar-refractivity contribution >= 4 is 29.4 Å². The molecule has 0 spiro atoms. The third kappa shape index (κ3) is 6.36. The van der Waals surface area contributed by atoms with Gasteiger partial charge >= 0.3 is 12.2 Å². The first-order valence-corrected chi connectivity index (χ1v) is 15.3. The van der Waals surface area contributed by atoms with Crippen LogP contribution in [0.5, 0.6) is 0 Å². The number of piperazine rings is 1. The van der Waals surface area contributed by atoms with Crippen LogP contribution in [0.1, 0.15) is 77.0 Å². The molecule has 0 bridgehead atoms. The number of nitrogens with zero attached hydrogens (tertiary/aromatic N) is 3. The van der Waals surface area contributed by atoms with Crippen molar-refractivity contribution < 1.29 is 27.5 Å². The van der Waals surface area contributed by atoms with Gasteiger partial charge in [-0.3, -0.25) is 14.7 Å². The fourth-order valence-corrected chi connectivity index (χ4v) is 8.05. The molecule has 6 unspecified atom stereocenters. The molecule has 3 saturated carbocycles. The molecule has 4 fully saturated rings. The van der Waals surface area contributed by atoms with Gasteiger partial charge in [-0.2, -0.15) is 13.2 Å². The Balaban J connectivity index is 1.52.